The molecule has 3 aliphatic rings. The molecule has 3 atom stereocenters. The highest BCUT2D eigenvalue weighted by atomic mass is 16.1. The van der Waals surface area contributed by atoms with Crippen LogP contribution in [-0.4, -0.2) is 46.9 Å². The number of hydrogen-bond acceptors (Lipinski definition) is 3. The zero-order valence-electron chi connectivity index (χ0n) is 10.2. The van der Waals surface area contributed by atoms with Gasteiger partial charge in [0.05, 0.1) is 6.17 Å². The van der Waals surface area contributed by atoms with E-state index in [4.69, 9.17) is 0 Å². The molecule has 0 bridgehead atoms. The van der Waals surface area contributed by atoms with Crippen LogP contribution in [-0.2, 0) is 4.79 Å². The van der Waals surface area contributed by atoms with E-state index in [1.165, 1.54) is 45.2 Å². The van der Waals surface area contributed by atoms with Crippen molar-refractivity contribution in [2.45, 2.75) is 63.7 Å². The minimum atomic E-state index is 0.364. The molecule has 3 heterocycles. The second kappa shape index (κ2) is 4.11. The highest BCUT2D eigenvalue weighted by molar-refractivity contribution is 5.76. The Labute approximate surface area is 97.8 Å². The summed E-state index contributed by atoms with van der Waals surface area (Å²) in [5.41, 5.74) is 0. The molecular formula is C13H22N2O. The fourth-order valence-electron chi connectivity index (χ4n) is 4.05. The minimum absolute atomic E-state index is 0.364. The summed E-state index contributed by atoms with van der Waals surface area (Å²) in [4.78, 5) is 16.7. The van der Waals surface area contributed by atoms with Gasteiger partial charge in [0, 0.05) is 31.6 Å². The van der Waals surface area contributed by atoms with Crippen molar-refractivity contribution in [2.24, 2.45) is 0 Å². The minimum Gasteiger partial charge on any atom is -0.300 e. The van der Waals surface area contributed by atoms with Crippen molar-refractivity contribution in [2.75, 3.05) is 13.1 Å². The number of carbonyl (C=O) groups excluding carboxylic acids is 1. The molecular weight excluding hydrogens is 200 g/mol. The maximum atomic E-state index is 11.4. The van der Waals surface area contributed by atoms with Crippen LogP contribution < -0.4 is 0 Å². The van der Waals surface area contributed by atoms with Crippen LogP contribution in [0.1, 0.15) is 45.4 Å². The van der Waals surface area contributed by atoms with Crippen molar-refractivity contribution in [1.82, 2.24) is 9.80 Å². The van der Waals surface area contributed by atoms with Gasteiger partial charge in [-0.25, -0.2) is 0 Å². The van der Waals surface area contributed by atoms with E-state index >= 15 is 0 Å². The molecule has 0 radical (unpaired) electrons. The molecule has 0 aliphatic carbocycles. The first-order valence-electron chi connectivity index (χ1n) is 6.78. The molecule has 90 valence electrons. The van der Waals surface area contributed by atoms with Crippen LogP contribution in [0.15, 0.2) is 0 Å². The molecule has 0 N–H and O–H groups in total. The number of nitrogens with zero attached hydrogens (tertiary/aromatic N) is 2. The highest BCUT2D eigenvalue weighted by Crippen LogP contribution is 2.39. The van der Waals surface area contributed by atoms with Gasteiger partial charge < -0.3 is 0 Å². The highest BCUT2D eigenvalue weighted by Gasteiger charge is 2.49. The molecule has 3 saturated heterocycles. The van der Waals surface area contributed by atoms with Crippen molar-refractivity contribution < 1.29 is 4.79 Å². The Morgan fingerprint density at radius 1 is 1.12 bits per heavy atom. The van der Waals surface area contributed by atoms with Gasteiger partial charge in [0.1, 0.15) is 5.78 Å². The average molecular weight is 222 g/mol. The lowest BCUT2D eigenvalue weighted by molar-refractivity contribution is -0.118. The summed E-state index contributed by atoms with van der Waals surface area (Å²) in [6.07, 6.45) is 8.12. The molecule has 3 nitrogen and oxygen atoms in total. The normalized spacial score (nSPS) is 39.7. The van der Waals surface area contributed by atoms with Crippen LogP contribution in [0, 0.1) is 0 Å². The smallest absolute Gasteiger partial charge is 0.131 e. The van der Waals surface area contributed by atoms with Gasteiger partial charge in [0.15, 0.2) is 0 Å². The van der Waals surface area contributed by atoms with Crippen molar-refractivity contribution in [3.05, 3.63) is 0 Å². The number of rotatable bonds is 2. The lowest BCUT2D eigenvalue weighted by atomic mass is 9.99. The van der Waals surface area contributed by atoms with Crippen LogP contribution in [0.5, 0.6) is 0 Å². The van der Waals surface area contributed by atoms with Crippen molar-refractivity contribution in [1.29, 1.82) is 0 Å². The molecule has 0 aromatic carbocycles. The molecule has 0 aromatic rings. The zero-order chi connectivity index (χ0) is 11.1. The van der Waals surface area contributed by atoms with E-state index < -0.39 is 0 Å². The van der Waals surface area contributed by atoms with E-state index in [0.717, 1.165) is 6.42 Å². The summed E-state index contributed by atoms with van der Waals surface area (Å²) in [6, 6.07) is 1.22. The van der Waals surface area contributed by atoms with Crippen molar-refractivity contribution >= 4 is 5.78 Å². The lowest BCUT2D eigenvalue weighted by Gasteiger charge is -2.35. The topological polar surface area (TPSA) is 23.6 Å². The number of carbonyl (C=O) groups is 1. The summed E-state index contributed by atoms with van der Waals surface area (Å²) in [5, 5.41) is 0. The van der Waals surface area contributed by atoms with Gasteiger partial charge in [0.25, 0.3) is 0 Å². The molecule has 3 aliphatic heterocycles. The Morgan fingerprint density at radius 2 is 1.94 bits per heavy atom. The summed E-state index contributed by atoms with van der Waals surface area (Å²) in [5.74, 6) is 0.364. The lowest BCUT2D eigenvalue weighted by Crippen LogP contribution is -2.44. The molecule has 0 aromatic heterocycles. The number of Topliss-reactive ketones (excluding diaryl/α,β-unsaturated/α-hetero) is 1. The first-order valence-corrected chi connectivity index (χ1v) is 6.78. The fraction of sp³-hybridized carbons (Fsp3) is 0.923. The standard InChI is InChI=1S/C13H22N2O/c1-10(16)9-12-11-5-4-8-14(11)13-6-2-3-7-15(12)13/h11-13H,2-9H2,1H3/t11-,12-,13+/m0/s1. The van der Waals surface area contributed by atoms with Gasteiger partial charge in [0.2, 0.25) is 0 Å². The van der Waals surface area contributed by atoms with E-state index in [1.807, 2.05) is 0 Å². The Balaban J connectivity index is 1.81. The third kappa shape index (κ3) is 1.61. The molecule has 3 rings (SSSR count). The molecule has 3 fully saturated rings. The quantitative estimate of drug-likeness (QED) is 0.709. The zero-order valence-corrected chi connectivity index (χ0v) is 10.2. The van der Waals surface area contributed by atoms with E-state index in [1.54, 1.807) is 6.92 Å². The van der Waals surface area contributed by atoms with Crippen molar-refractivity contribution in [3.63, 3.8) is 0 Å². The van der Waals surface area contributed by atoms with E-state index in [-0.39, 0.29) is 0 Å². The predicted molar refractivity (Wildman–Crippen MR) is 63.2 cm³/mol. The van der Waals surface area contributed by atoms with Crippen LogP contribution in [0.2, 0.25) is 0 Å². The second-order valence-electron chi connectivity index (χ2n) is 5.64. The predicted octanol–water partition coefficient (Wildman–Crippen LogP) is 1.62. The fourth-order valence-corrected chi connectivity index (χ4v) is 4.05. The Bertz CT molecular complexity index is 292. The Kier molecular flexibility index (Phi) is 2.76. The Morgan fingerprint density at radius 3 is 2.75 bits per heavy atom. The maximum absolute atomic E-state index is 11.4. The number of fused-ring (bicyclic) bond motifs is 3. The number of piperidine rings is 1. The molecule has 3 heteroatoms. The van der Waals surface area contributed by atoms with Crippen LogP contribution in [0.3, 0.4) is 0 Å². The number of ketones is 1. The maximum Gasteiger partial charge on any atom is 0.131 e. The van der Waals surface area contributed by atoms with E-state index in [0.29, 0.717) is 24.0 Å². The monoisotopic (exact) mass is 222 g/mol. The van der Waals surface area contributed by atoms with Gasteiger partial charge in [-0.2, -0.15) is 0 Å². The summed E-state index contributed by atoms with van der Waals surface area (Å²) < 4.78 is 0. The molecule has 0 spiro atoms. The average Bonchev–Trinajstić information content (AvgIpc) is 2.82. The summed E-state index contributed by atoms with van der Waals surface area (Å²) >= 11 is 0. The third-order valence-electron chi connectivity index (χ3n) is 4.60. The van der Waals surface area contributed by atoms with Crippen molar-refractivity contribution in [3.8, 4) is 0 Å². The first kappa shape index (κ1) is 10.7. The van der Waals surface area contributed by atoms with Gasteiger partial charge in [-0.3, -0.25) is 14.6 Å². The molecule has 16 heavy (non-hydrogen) atoms. The third-order valence-corrected chi connectivity index (χ3v) is 4.60. The molecule has 0 unspecified atom stereocenters. The van der Waals surface area contributed by atoms with Crippen LogP contribution in [0.25, 0.3) is 0 Å². The van der Waals surface area contributed by atoms with Crippen LogP contribution in [0.4, 0.5) is 0 Å². The van der Waals surface area contributed by atoms with Gasteiger partial charge in [-0.1, -0.05) is 0 Å². The first-order chi connectivity index (χ1) is 7.77. The molecule has 0 amide bonds. The summed E-state index contributed by atoms with van der Waals surface area (Å²) in [7, 11) is 0. The van der Waals surface area contributed by atoms with E-state index in [9.17, 15) is 4.79 Å². The second-order valence-corrected chi connectivity index (χ2v) is 5.64. The van der Waals surface area contributed by atoms with Crippen LogP contribution >= 0.6 is 0 Å². The van der Waals surface area contributed by atoms with Gasteiger partial charge in [-0.15, -0.1) is 0 Å². The van der Waals surface area contributed by atoms with E-state index in [2.05, 4.69) is 9.80 Å². The Hall–Kier alpha value is -0.410. The van der Waals surface area contributed by atoms with Gasteiger partial charge in [-0.05, 0) is 39.0 Å². The SMILES string of the molecule is CC(=O)C[C@H]1[C@@H]2CCCN2[C@H]2CCCCN21. The summed E-state index contributed by atoms with van der Waals surface area (Å²) in [6.45, 7) is 4.23. The van der Waals surface area contributed by atoms with Gasteiger partial charge >= 0.3 is 0 Å². The molecule has 0 saturated carbocycles. The largest absolute Gasteiger partial charge is 0.300 e. The number of hydrogen-bond donors (Lipinski definition) is 0.